The summed E-state index contributed by atoms with van der Waals surface area (Å²) in [6, 6.07) is 1.52. The molecule has 0 radical (unpaired) electrons. The molecule has 1 atom stereocenters. The molecule has 0 fully saturated rings. The van der Waals surface area contributed by atoms with Crippen LogP contribution in [0.4, 0.5) is 0 Å². The molecule has 0 saturated heterocycles. The molecule has 0 bridgehead atoms. The minimum absolute atomic E-state index is 0.0143. The first-order chi connectivity index (χ1) is 8.31. The molecule has 102 valence electrons. The standard InChI is InChI=1S/C11H18N2O4S/c1-9(3-4-11(14)15)7-12-18(16,17)10-5-6-13(2)8-10/h5-6,8-9,12H,3-4,7H2,1-2H3,(H,14,15). The van der Waals surface area contributed by atoms with E-state index in [2.05, 4.69) is 4.72 Å². The summed E-state index contributed by atoms with van der Waals surface area (Å²) in [5.74, 6) is -0.882. The van der Waals surface area contributed by atoms with Crippen LogP contribution in [0.15, 0.2) is 23.4 Å². The van der Waals surface area contributed by atoms with Crippen LogP contribution in [0, 0.1) is 5.92 Å². The summed E-state index contributed by atoms with van der Waals surface area (Å²) in [5.41, 5.74) is 0. The summed E-state index contributed by atoms with van der Waals surface area (Å²) < 4.78 is 27.8. The number of aliphatic carboxylic acids is 1. The number of sulfonamides is 1. The van der Waals surface area contributed by atoms with Crippen molar-refractivity contribution in [3.8, 4) is 0 Å². The van der Waals surface area contributed by atoms with Crippen LogP contribution in [-0.2, 0) is 21.9 Å². The third kappa shape index (κ3) is 4.50. The van der Waals surface area contributed by atoms with Gasteiger partial charge in [0.1, 0.15) is 0 Å². The Morgan fingerprint density at radius 1 is 1.56 bits per heavy atom. The molecule has 0 saturated carbocycles. The maximum atomic E-state index is 11.8. The summed E-state index contributed by atoms with van der Waals surface area (Å²) in [4.78, 5) is 10.6. The molecular weight excluding hydrogens is 256 g/mol. The number of carboxylic acid groups (broad SMARTS) is 1. The second-order valence-electron chi connectivity index (χ2n) is 4.40. The molecule has 0 aliphatic carbocycles. The monoisotopic (exact) mass is 274 g/mol. The number of nitrogens with one attached hydrogen (secondary N) is 1. The molecule has 1 aromatic heterocycles. The fourth-order valence-electron chi connectivity index (χ4n) is 1.44. The molecule has 0 spiro atoms. The normalized spacial score (nSPS) is 13.4. The minimum Gasteiger partial charge on any atom is -0.481 e. The van der Waals surface area contributed by atoms with Crippen molar-refractivity contribution < 1.29 is 18.3 Å². The van der Waals surface area contributed by atoms with Crippen LogP contribution in [0.5, 0.6) is 0 Å². The van der Waals surface area contributed by atoms with Gasteiger partial charge in [-0.3, -0.25) is 4.79 Å². The molecule has 6 nitrogen and oxygen atoms in total. The molecule has 1 unspecified atom stereocenters. The first-order valence-corrected chi connectivity index (χ1v) is 7.13. The lowest BCUT2D eigenvalue weighted by Gasteiger charge is -2.11. The van der Waals surface area contributed by atoms with E-state index < -0.39 is 16.0 Å². The summed E-state index contributed by atoms with van der Waals surface area (Å²) in [6.07, 6.45) is 3.67. The van der Waals surface area contributed by atoms with E-state index in [9.17, 15) is 13.2 Å². The SMILES string of the molecule is CC(CCC(=O)O)CNS(=O)(=O)c1ccn(C)c1. The Hall–Kier alpha value is -1.34. The molecule has 1 rings (SSSR count). The Balaban J connectivity index is 2.50. The highest BCUT2D eigenvalue weighted by molar-refractivity contribution is 7.89. The third-order valence-corrected chi connectivity index (χ3v) is 4.00. The Morgan fingerprint density at radius 2 is 2.22 bits per heavy atom. The van der Waals surface area contributed by atoms with Crippen LogP contribution < -0.4 is 4.72 Å². The van der Waals surface area contributed by atoms with E-state index in [4.69, 9.17) is 5.11 Å². The predicted octanol–water partition coefficient (Wildman–Crippen LogP) is 0.804. The van der Waals surface area contributed by atoms with Crippen LogP contribution in [0.1, 0.15) is 19.8 Å². The smallest absolute Gasteiger partial charge is 0.303 e. The first-order valence-electron chi connectivity index (χ1n) is 5.64. The van der Waals surface area contributed by atoms with Gasteiger partial charge in [-0.25, -0.2) is 13.1 Å². The molecular formula is C11H18N2O4S. The molecule has 1 heterocycles. The van der Waals surface area contributed by atoms with Crippen molar-refractivity contribution in [2.75, 3.05) is 6.54 Å². The van der Waals surface area contributed by atoms with Gasteiger partial charge >= 0.3 is 5.97 Å². The van der Waals surface area contributed by atoms with Crippen molar-refractivity contribution in [2.45, 2.75) is 24.7 Å². The number of aryl methyl sites for hydroxylation is 1. The fraction of sp³-hybridized carbons (Fsp3) is 0.545. The number of hydrogen-bond acceptors (Lipinski definition) is 3. The average Bonchev–Trinajstić information content (AvgIpc) is 2.71. The molecule has 2 N–H and O–H groups in total. The van der Waals surface area contributed by atoms with Gasteiger partial charge in [0.05, 0.1) is 4.90 Å². The lowest BCUT2D eigenvalue weighted by atomic mass is 10.1. The van der Waals surface area contributed by atoms with E-state index in [1.54, 1.807) is 17.8 Å². The van der Waals surface area contributed by atoms with Crippen LogP contribution in [0.2, 0.25) is 0 Å². The maximum Gasteiger partial charge on any atom is 0.303 e. The highest BCUT2D eigenvalue weighted by atomic mass is 32.2. The Labute approximate surface area is 107 Å². The van der Waals surface area contributed by atoms with E-state index in [0.717, 1.165) is 0 Å². The van der Waals surface area contributed by atoms with Gasteiger partial charge in [0.15, 0.2) is 0 Å². The lowest BCUT2D eigenvalue weighted by molar-refractivity contribution is -0.137. The third-order valence-electron chi connectivity index (χ3n) is 2.59. The number of hydrogen-bond donors (Lipinski definition) is 2. The molecule has 7 heteroatoms. The average molecular weight is 274 g/mol. The van der Waals surface area contributed by atoms with Crippen LogP contribution in [-0.4, -0.2) is 30.6 Å². The van der Waals surface area contributed by atoms with Crippen molar-refractivity contribution in [2.24, 2.45) is 13.0 Å². The van der Waals surface area contributed by atoms with Gasteiger partial charge < -0.3 is 9.67 Å². The van der Waals surface area contributed by atoms with E-state index in [-0.39, 0.29) is 23.8 Å². The van der Waals surface area contributed by atoms with Crippen molar-refractivity contribution in [3.05, 3.63) is 18.5 Å². The Kier molecular flexibility index (Phi) is 4.92. The maximum absolute atomic E-state index is 11.8. The molecule has 0 amide bonds. The number of aromatic nitrogens is 1. The predicted molar refractivity (Wildman–Crippen MR) is 66.6 cm³/mol. The summed E-state index contributed by atoms with van der Waals surface area (Å²) in [5, 5.41) is 8.53. The number of carboxylic acids is 1. The van der Waals surface area contributed by atoms with Gasteiger partial charge in [-0.1, -0.05) is 6.92 Å². The van der Waals surface area contributed by atoms with E-state index >= 15 is 0 Å². The molecule has 0 aromatic carbocycles. The second kappa shape index (κ2) is 6.01. The van der Waals surface area contributed by atoms with Gasteiger partial charge in [-0.15, -0.1) is 0 Å². The minimum atomic E-state index is -3.49. The second-order valence-corrected chi connectivity index (χ2v) is 6.17. The van der Waals surface area contributed by atoms with Crippen molar-refractivity contribution in [1.29, 1.82) is 0 Å². The molecule has 0 aliphatic rings. The van der Waals surface area contributed by atoms with Gasteiger partial charge in [0.2, 0.25) is 10.0 Å². The fourth-order valence-corrected chi connectivity index (χ4v) is 2.66. The van der Waals surface area contributed by atoms with Gasteiger partial charge in [-0.2, -0.15) is 0 Å². The van der Waals surface area contributed by atoms with E-state index in [0.29, 0.717) is 6.42 Å². The highest BCUT2D eigenvalue weighted by Crippen LogP contribution is 2.10. The zero-order valence-corrected chi connectivity index (χ0v) is 11.3. The summed E-state index contributed by atoms with van der Waals surface area (Å²) in [7, 11) is -1.75. The number of carbonyl (C=O) groups is 1. The zero-order valence-electron chi connectivity index (χ0n) is 10.5. The summed E-state index contributed by atoms with van der Waals surface area (Å²) in [6.45, 7) is 2.06. The van der Waals surface area contributed by atoms with Crippen molar-refractivity contribution >= 4 is 16.0 Å². The highest BCUT2D eigenvalue weighted by Gasteiger charge is 2.16. The lowest BCUT2D eigenvalue weighted by Crippen LogP contribution is -2.28. The topological polar surface area (TPSA) is 88.4 Å². The summed E-state index contributed by atoms with van der Waals surface area (Å²) >= 11 is 0. The Morgan fingerprint density at radius 3 is 2.72 bits per heavy atom. The number of nitrogens with zero attached hydrogens (tertiary/aromatic N) is 1. The van der Waals surface area contributed by atoms with Gasteiger partial charge in [0, 0.05) is 32.4 Å². The largest absolute Gasteiger partial charge is 0.481 e. The quantitative estimate of drug-likeness (QED) is 0.770. The Bertz CT molecular complexity index is 507. The van der Waals surface area contributed by atoms with E-state index in [1.165, 1.54) is 12.3 Å². The molecule has 18 heavy (non-hydrogen) atoms. The van der Waals surface area contributed by atoms with Crippen LogP contribution in [0.3, 0.4) is 0 Å². The van der Waals surface area contributed by atoms with Gasteiger partial charge in [-0.05, 0) is 18.4 Å². The van der Waals surface area contributed by atoms with Gasteiger partial charge in [0.25, 0.3) is 0 Å². The zero-order chi connectivity index (χ0) is 13.8. The number of rotatable bonds is 7. The van der Waals surface area contributed by atoms with Crippen LogP contribution >= 0.6 is 0 Å². The van der Waals surface area contributed by atoms with E-state index in [1.807, 2.05) is 6.92 Å². The van der Waals surface area contributed by atoms with Crippen LogP contribution in [0.25, 0.3) is 0 Å². The van der Waals surface area contributed by atoms with Crippen molar-refractivity contribution in [3.63, 3.8) is 0 Å². The first kappa shape index (κ1) is 14.7. The molecule has 1 aromatic rings. The molecule has 0 aliphatic heterocycles. The van der Waals surface area contributed by atoms with Crippen molar-refractivity contribution in [1.82, 2.24) is 9.29 Å².